The molecule has 2 nitrogen and oxygen atoms in total. The van der Waals surface area contributed by atoms with Gasteiger partial charge in [0.25, 0.3) is 0 Å². The zero-order valence-electron chi connectivity index (χ0n) is 13.3. The Labute approximate surface area is 122 Å². The highest BCUT2D eigenvalue weighted by Crippen LogP contribution is 2.13. The Hall–Kier alpha value is -1.54. The predicted octanol–water partition coefficient (Wildman–Crippen LogP) is 4.04. The van der Waals surface area contributed by atoms with Crippen LogP contribution in [0.5, 0.6) is 0 Å². The molecule has 0 aliphatic carbocycles. The Morgan fingerprint density at radius 3 is 2.45 bits per heavy atom. The number of aryl methyl sites for hydroxylation is 2. The van der Waals surface area contributed by atoms with Crippen molar-refractivity contribution in [3.63, 3.8) is 0 Å². The molecule has 0 saturated heterocycles. The zero-order chi connectivity index (χ0) is 14.8. The van der Waals surface area contributed by atoms with E-state index in [2.05, 4.69) is 81.0 Å². The number of rotatable bonds is 4. The summed E-state index contributed by atoms with van der Waals surface area (Å²) in [5.74, 6) is 0. The second kappa shape index (κ2) is 5.84. The molecule has 0 amide bonds. The number of benzene rings is 1. The summed E-state index contributed by atoms with van der Waals surface area (Å²) in [5.41, 5.74) is 5.56. The smallest absolute Gasteiger partial charge is 0.0473 e. The van der Waals surface area contributed by atoms with Crippen LogP contribution in [0, 0.1) is 13.8 Å². The first-order valence-electron chi connectivity index (χ1n) is 7.30. The molecule has 1 N–H and O–H groups in total. The highest BCUT2D eigenvalue weighted by Gasteiger charge is 2.10. The highest BCUT2D eigenvalue weighted by atomic mass is 15.0. The predicted molar refractivity (Wildman–Crippen MR) is 86.0 cm³/mol. The fourth-order valence-corrected chi connectivity index (χ4v) is 2.22. The molecule has 2 heteroatoms. The van der Waals surface area contributed by atoms with Gasteiger partial charge in [0.2, 0.25) is 0 Å². The van der Waals surface area contributed by atoms with E-state index in [4.69, 9.17) is 0 Å². The van der Waals surface area contributed by atoms with Crippen molar-refractivity contribution in [1.82, 2.24) is 9.88 Å². The van der Waals surface area contributed by atoms with Crippen molar-refractivity contribution >= 4 is 0 Å². The first-order valence-corrected chi connectivity index (χ1v) is 7.30. The third-order valence-electron chi connectivity index (χ3n) is 3.65. The lowest BCUT2D eigenvalue weighted by Crippen LogP contribution is -2.35. The minimum Gasteiger partial charge on any atom is -0.346 e. The number of nitrogens with one attached hydrogen (secondary N) is 1. The Morgan fingerprint density at radius 1 is 1.05 bits per heavy atom. The third-order valence-corrected chi connectivity index (χ3v) is 3.65. The van der Waals surface area contributed by atoms with Crippen LogP contribution in [0.4, 0.5) is 0 Å². The van der Waals surface area contributed by atoms with E-state index < -0.39 is 0 Å². The fourth-order valence-electron chi connectivity index (χ4n) is 2.22. The summed E-state index contributed by atoms with van der Waals surface area (Å²) >= 11 is 0. The van der Waals surface area contributed by atoms with Gasteiger partial charge in [-0.3, -0.25) is 0 Å². The maximum absolute atomic E-state index is 3.55. The number of aromatic nitrogens is 1. The lowest BCUT2D eigenvalue weighted by atomic mass is 10.1. The van der Waals surface area contributed by atoms with Crippen LogP contribution in [0.25, 0.3) is 0 Å². The molecule has 108 valence electrons. The largest absolute Gasteiger partial charge is 0.346 e. The van der Waals surface area contributed by atoms with Gasteiger partial charge >= 0.3 is 0 Å². The quantitative estimate of drug-likeness (QED) is 0.887. The average molecular weight is 270 g/mol. The van der Waals surface area contributed by atoms with Crippen LogP contribution < -0.4 is 5.32 Å². The molecule has 0 bridgehead atoms. The van der Waals surface area contributed by atoms with Crippen molar-refractivity contribution in [2.45, 2.75) is 53.2 Å². The topological polar surface area (TPSA) is 17.0 Å². The second-order valence-corrected chi connectivity index (χ2v) is 6.65. The molecule has 1 aromatic heterocycles. The third kappa shape index (κ3) is 3.97. The van der Waals surface area contributed by atoms with Gasteiger partial charge in [0.15, 0.2) is 0 Å². The summed E-state index contributed by atoms with van der Waals surface area (Å²) in [4.78, 5) is 0. The molecule has 0 aliphatic heterocycles. The monoisotopic (exact) mass is 270 g/mol. The van der Waals surface area contributed by atoms with Crippen molar-refractivity contribution in [2.75, 3.05) is 0 Å². The van der Waals surface area contributed by atoms with E-state index in [1.54, 1.807) is 0 Å². The summed E-state index contributed by atoms with van der Waals surface area (Å²) in [6, 6.07) is 11.0. The number of hydrogen-bond acceptors (Lipinski definition) is 1. The molecule has 0 aliphatic rings. The molecule has 0 spiro atoms. The van der Waals surface area contributed by atoms with Gasteiger partial charge in [-0.2, -0.15) is 0 Å². The first kappa shape index (κ1) is 14.9. The molecule has 0 fully saturated rings. The molecule has 0 radical (unpaired) electrons. The number of nitrogens with zero attached hydrogens (tertiary/aromatic N) is 1. The van der Waals surface area contributed by atoms with Crippen LogP contribution in [0.1, 0.15) is 43.2 Å². The van der Waals surface area contributed by atoms with Crippen LogP contribution in [-0.4, -0.2) is 10.1 Å². The van der Waals surface area contributed by atoms with Crippen molar-refractivity contribution in [3.8, 4) is 0 Å². The van der Waals surface area contributed by atoms with Crippen molar-refractivity contribution in [2.24, 2.45) is 0 Å². The summed E-state index contributed by atoms with van der Waals surface area (Å²) in [7, 11) is 0. The Balaban J connectivity index is 2.10. The highest BCUT2D eigenvalue weighted by molar-refractivity contribution is 5.30. The van der Waals surface area contributed by atoms with Crippen molar-refractivity contribution < 1.29 is 0 Å². The van der Waals surface area contributed by atoms with E-state index in [1.165, 1.54) is 22.4 Å². The molecule has 0 unspecified atom stereocenters. The molecule has 0 saturated carbocycles. The van der Waals surface area contributed by atoms with Crippen LogP contribution in [-0.2, 0) is 13.1 Å². The minimum atomic E-state index is 0.148. The van der Waals surface area contributed by atoms with Gasteiger partial charge < -0.3 is 9.88 Å². The first-order chi connectivity index (χ1) is 9.35. The lowest BCUT2D eigenvalue weighted by Gasteiger charge is -2.21. The fraction of sp³-hybridized carbons (Fsp3) is 0.444. The van der Waals surface area contributed by atoms with E-state index in [0.29, 0.717) is 0 Å². The van der Waals surface area contributed by atoms with E-state index >= 15 is 0 Å². The van der Waals surface area contributed by atoms with E-state index in [0.717, 1.165) is 13.1 Å². The molecule has 1 aromatic carbocycles. The Morgan fingerprint density at radius 2 is 1.80 bits per heavy atom. The summed E-state index contributed by atoms with van der Waals surface area (Å²) in [6.45, 7) is 12.8. The van der Waals surface area contributed by atoms with Gasteiger partial charge in [0.05, 0.1) is 0 Å². The average Bonchev–Trinajstić information content (AvgIpc) is 2.78. The Kier molecular flexibility index (Phi) is 4.34. The molecular formula is C18H26N2. The molecular weight excluding hydrogens is 244 g/mol. The summed E-state index contributed by atoms with van der Waals surface area (Å²) in [6.07, 6.45) is 2.16. The summed E-state index contributed by atoms with van der Waals surface area (Å²) in [5, 5.41) is 3.55. The van der Waals surface area contributed by atoms with E-state index in [-0.39, 0.29) is 5.54 Å². The maximum Gasteiger partial charge on any atom is 0.0473 e. The van der Waals surface area contributed by atoms with E-state index in [1.807, 2.05) is 0 Å². The van der Waals surface area contributed by atoms with Gasteiger partial charge in [0.1, 0.15) is 0 Å². The van der Waals surface area contributed by atoms with Crippen LogP contribution >= 0.6 is 0 Å². The molecule has 0 atom stereocenters. The Bertz CT molecular complexity index is 573. The minimum absolute atomic E-state index is 0.148. The van der Waals surface area contributed by atoms with Gasteiger partial charge in [-0.05, 0) is 63.4 Å². The van der Waals surface area contributed by atoms with Crippen molar-refractivity contribution in [3.05, 3.63) is 58.9 Å². The molecule has 1 heterocycles. The van der Waals surface area contributed by atoms with E-state index in [9.17, 15) is 0 Å². The van der Waals surface area contributed by atoms with Gasteiger partial charge in [-0.1, -0.05) is 18.2 Å². The molecule has 2 rings (SSSR count). The van der Waals surface area contributed by atoms with Crippen LogP contribution in [0.2, 0.25) is 0 Å². The van der Waals surface area contributed by atoms with Crippen LogP contribution in [0.15, 0.2) is 36.5 Å². The lowest BCUT2D eigenvalue weighted by molar-refractivity contribution is 0.417. The van der Waals surface area contributed by atoms with Gasteiger partial charge in [-0.15, -0.1) is 0 Å². The SMILES string of the molecule is Cc1ccc(Cn2cccc2CNC(C)(C)C)cc1C. The van der Waals surface area contributed by atoms with Gasteiger partial charge in [0, 0.05) is 30.5 Å². The van der Waals surface area contributed by atoms with Gasteiger partial charge in [-0.25, -0.2) is 0 Å². The second-order valence-electron chi connectivity index (χ2n) is 6.65. The van der Waals surface area contributed by atoms with Crippen molar-refractivity contribution in [1.29, 1.82) is 0 Å². The zero-order valence-corrected chi connectivity index (χ0v) is 13.3. The van der Waals surface area contributed by atoms with Crippen LogP contribution in [0.3, 0.4) is 0 Å². The molecule has 2 aromatic rings. The molecule has 20 heavy (non-hydrogen) atoms. The maximum atomic E-state index is 3.55. The normalized spacial score (nSPS) is 11.8. The number of hydrogen-bond donors (Lipinski definition) is 1. The standard InChI is InChI=1S/C18H26N2/c1-14-8-9-16(11-15(14)2)13-20-10-6-7-17(20)12-19-18(3,4)5/h6-11,19H,12-13H2,1-5H3. The summed E-state index contributed by atoms with van der Waals surface area (Å²) < 4.78 is 2.32.